The molecule has 0 saturated heterocycles. The van der Waals surface area contributed by atoms with Crippen LogP contribution in [-0.4, -0.2) is 6.54 Å². The van der Waals surface area contributed by atoms with E-state index in [2.05, 4.69) is 60.2 Å². The second kappa shape index (κ2) is 7.19. The highest BCUT2D eigenvalue weighted by atomic mass is 79.9. The third-order valence-corrected chi connectivity index (χ3v) is 4.02. The molecule has 0 fully saturated rings. The van der Waals surface area contributed by atoms with Gasteiger partial charge in [-0.25, -0.2) is 4.39 Å². The monoisotopic (exact) mass is 349 g/mol. The Labute approximate surface area is 134 Å². The van der Waals surface area contributed by atoms with Gasteiger partial charge < -0.3 is 5.32 Å². The molecule has 1 N–H and O–H groups in total. The quantitative estimate of drug-likeness (QED) is 0.791. The van der Waals surface area contributed by atoms with Gasteiger partial charge in [0.25, 0.3) is 0 Å². The van der Waals surface area contributed by atoms with Crippen LogP contribution in [0.1, 0.15) is 35.2 Å². The second-order valence-corrected chi connectivity index (χ2v) is 6.39. The molecule has 1 nitrogen and oxygen atoms in total. The van der Waals surface area contributed by atoms with Crippen LogP contribution in [0.15, 0.2) is 40.9 Å². The van der Waals surface area contributed by atoms with Crippen molar-refractivity contribution in [3.05, 3.63) is 68.9 Å². The lowest BCUT2D eigenvalue weighted by Gasteiger charge is -2.20. The Morgan fingerprint density at radius 3 is 2.38 bits per heavy atom. The number of nitrogens with one attached hydrogen (secondary N) is 1. The molecule has 0 amide bonds. The van der Waals surface area contributed by atoms with Crippen LogP contribution in [0.4, 0.5) is 4.39 Å². The molecule has 112 valence electrons. The van der Waals surface area contributed by atoms with E-state index in [9.17, 15) is 4.39 Å². The molecule has 0 bridgehead atoms. The van der Waals surface area contributed by atoms with Crippen LogP contribution in [0.3, 0.4) is 0 Å². The van der Waals surface area contributed by atoms with Gasteiger partial charge in [0.15, 0.2) is 0 Å². The topological polar surface area (TPSA) is 12.0 Å². The highest BCUT2D eigenvalue weighted by Gasteiger charge is 2.14. The maximum absolute atomic E-state index is 14.0. The fourth-order valence-electron chi connectivity index (χ4n) is 2.69. The van der Waals surface area contributed by atoms with Crippen LogP contribution in [0, 0.1) is 19.7 Å². The molecule has 0 spiro atoms. The average Bonchev–Trinajstić information content (AvgIpc) is 2.41. The minimum absolute atomic E-state index is 0.123. The third-order valence-electron chi connectivity index (χ3n) is 3.53. The second-order valence-electron chi connectivity index (χ2n) is 5.47. The summed E-state index contributed by atoms with van der Waals surface area (Å²) >= 11 is 3.42. The first-order valence-electron chi connectivity index (χ1n) is 7.25. The standard InChI is InChI=1S/C18H21BrFN/c1-4-21-18(15-8-12(2)7-13(3)9-15)11-14-10-16(19)5-6-17(14)20/h5-10,18,21H,4,11H2,1-3H3. The predicted molar refractivity (Wildman–Crippen MR) is 90.1 cm³/mol. The molecule has 1 atom stereocenters. The normalized spacial score (nSPS) is 12.4. The molecule has 0 heterocycles. The van der Waals surface area contributed by atoms with Crippen LogP contribution >= 0.6 is 15.9 Å². The predicted octanol–water partition coefficient (Wildman–Crippen LogP) is 5.10. The summed E-state index contributed by atoms with van der Waals surface area (Å²) in [5.74, 6) is -0.148. The van der Waals surface area contributed by atoms with E-state index in [0.29, 0.717) is 6.42 Å². The molecular formula is C18H21BrFN. The van der Waals surface area contributed by atoms with Crippen molar-refractivity contribution in [1.82, 2.24) is 5.32 Å². The Morgan fingerprint density at radius 1 is 1.10 bits per heavy atom. The zero-order valence-corrected chi connectivity index (χ0v) is 14.3. The van der Waals surface area contributed by atoms with Crippen LogP contribution in [0.25, 0.3) is 0 Å². The zero-order chi connectivity index (χ0) is 15.4. The summed E-state index contributed by atoms with van der Waals surface area (Å²) < 4.78 is 14.9. The smallest absolute Gasteiger partial charge is 0.126 e. The number of rotatable bonds is 5. The minimum atomic E-state index is -0.148. The first-order valence-corrected chi connectivity index (χ1v) is 8.04. The van der Waals surface area contributed by atoms with Crippen LogP contribution in [0.5, 0.6) is 0 Å². The summed E-state index contributed by atoms with van der Waals surface area (Å²) in [5, 5.41) is 3.47. The van der Waals surface area contributed by atoms with Crippen molar-refractivity contribution >= 4 is 15.9 Å². The van der Waals surface area contributed by atoms with Gasteiger partial charge in [0.05, 0.1) is 0 Å². The summed E-state index contributed by atoms with van der Waals surface area (Å²) in [6, 6.07) is 11.8. The highest BCUT2D eigenvalue weighted by molar-refractivity contribution is 9.10. The van der Waals surface area contributed by atoms with E-state index >= 15 is 0 Å². The molecule has 0 aromatic heterocycles. The number of benzene rings is 2. The van der Waals surface area contributed by atoms with Gasteiger partial charge in [-0.2, -0.15) is 0 Å². The molecule has 2 rings (SSSR count). The van der Waals surface area contributed by atoms with Gasteiger partial charge in [0.1, 0.15) is 5.82 Å². The largest absolute Gasteiger partial charge is 0.310 e. The lowest BCUT2D eigenvalue weighted by atomic mass is 9.95. The maximum Gasteiger partial charge on any atom is 0.126 e. The van der Waals surface area contributed by atoms with E-state index in [1.54, 1.807) is 6.07 Å². The molecular weight excluding hydrogens is 329 g/mol. The van der Waals surface area contributed by atoms with Crippen molar-refractivity contribution in [1.29, 1.82) is 0 Å². The lowest BCUT2D eigenvalue weighted by molar-refractivity contribution is 0.527. The van der Waals surface area contributed by atoms with Crippen molar-refractivity contribution in [2.24, 2.45) is 0 Å². The third kappa shape index (κ3) is 4.39. The van der Waals surface area contributed by atoms with Crippen LogP contribution in [0.2, 0.25) is 0 Å². The Morgan fingerprint density at radius 2 is 1.76 bits per heavy atom. The molecule has 0 aliphatic heterocycles. The number of aryl methyl sites for hydroxylation is 2. The lowest BCUT2D eigenvalue weighted by Crippen LogP contribution is -2.23. The molecule has 1 unspecified atom stereocenters. The van der Waals surface area contributed by atoms with E-state index in [0.717, 1.165) is 16.6 Å². The molecule has 3 heteroatoms. The van der Waals surface area contributed by atoms with E-state index in [1.807, 2.05) is 6.07 Å². The Kier molecular flexibility index (Phi) is 5.54. The number of hydrogen-bond donors (Lipinski definition) is 1. The van der Waals surface area contributed by atoms with E-state index in [1.165, 1.54) is 22.8 Å². The molecule has 0 radical (unpaired) electrons. The van der Waals surface area contributed by atoms with Crippen LogP contribution < -0.4 is 5.32 Å². The van der Waals surface area contributed by atoms with Gasteiger partial charge in [0.2, 0.25) is 0 Å². The first kappa shape index (κ1) is 16.2. The SMILES string of the molecule is CCNC(Cc1cc(Br)ccc1F)c1cc(C)cc(C)c1. The van der Waals surface area contributed by atoms with Crippen molar-refractivity contribution in [2.75, 3.05) is 6.54 Å². The van der Waals surface area contributed by atoms with Crippen molar-refractivity contribution < 1.29 is 4.39 Å². The van der Waals surface area contributed by atoms with Gasteiger partial charge in [-0.3, -0.25) is 0 Å². The minimum Gasteiger partial charge on any atom is -0.310 e. The molecule has 21 heavy (non-hydrogen) atoms. The number of halogens is 2. The molecule has 2 aromatic carbocycles. The summed E-state index contributed by atoms with van der Waals surface area (Å²) in [4.78, 5) is 0. The first-order chi connectivity index (χ1) is 9.99. The zero-order valence-electron chi connectivity index (χ0n) is 12.7. The fourth-order valence-corrected chi connectivity index (χ4v) is 3.09. The molecule has 0 saturated carbocycles. The fraction of sp³-hybridized carbons (Fsp3) is 0.333. The van der Waals surface area contributed by atoms with Gasteiger partial charge in [0, 0.05) is 10.5 Å². The van der Waals surface area contributed by atoms with Gasteiger partial charge >= 0.3 is 0 Å². The Hall–Kier alpha value is -1.19. The van der Waals surface area contributed by atoms with E-state index < -0.39 is 0 Å². The summed E-state index contributed by atoms with van der Waals surface area (Å²) in [5.41, 5.74) is 4.42. The highest BCUT2D eigenvalue weighted by Crippen LogP contribution is 2.24. The number of hydrogen-bond acceptors (Lipinski definition) is 1. The maximum atomic E-state index is 14.0. The van der Waals surface area contributed by atoms with E-state index in [-0.39, 0.29) is 11.9 Å². The van der Waals surface area contributed by atoms with Crippen molar-refractivity contribution in [3.63, 3.8) is 0 Å². The summed E-state index contributed by atoms with van der Waals surface area (Å²) in [6.07, 6.45) is 0.641. The van der Waals surface area contributed by atoms with Gasteiger partial charge in [-0.15, -0.1) is 0 Å². The van der Waals surface area contributed by atoms with Gasteiger partial charge in [-0.1, -0.05) is 52.2 Å². The average molecular weight is 350 g/mol. The summed E-state index contributed by atoms with van der Waals surface area (Å²) in [7, 11) is 0. The Balaban J connectivity index is 2.32. The molecule has 0 aliphatic rings. The molecule has 2 aromatic rings. The van der Waals surface area contributed by atoms with E-state index in [4.69, 9.17) is 0 Å². The van der Waals surface area contributed by atoms with Gasteiger partial charge in [-0.05, 0) is 56.1 Å². The Bertz CT molecular complexity index is 604. The van der Waals surface area contributed by atoms with Crippen molar-refractivity contribution in [3.8, 4) is 0 Å². The molecule has 0 aliphatic carbocycles. The van der Waals surface area contributed by atoms with Crippen molar-refractivity contribution in [2.45, 2.75) is 33.2 Å². The number of likely N-dealkylation sites (N-methyl/N-ethyl adjacent to an activating group) is 1. The summed E-state index contributed by atoms with van der Waals surface area (Å²) in [6.45, 7) is 7.12. The van der Waals surface area contributed by atoms with Crippen LogP contribution in [-0.2, 0) is 6.42 Å².